The fourth-order valence-corrected chi connectivity index (χ4v) is 3.23. The average molecular weight is 364 g/mol. The van der Waals surface area contributed by atoms with Crippen molar-refractivity contribution in [2.45, 2.75) is 18.8 Å². The van der Waals surface area contributed by atoms with Crippen LogP contribution in [0.3, 0.4) is 0 Å². The highest BCUT2D eigenvalue weighted by molar-refractivity contribution is 7.14. The highest BCUT2D eigenvalue weighted by atomic mass is 35.5. The molecule has 3 aromatic rings. The van der Waals surface area contributed by atoms with Crippen LogP contribution in [0.5, 0.6) is 0 Å². The van der Waals surface area contributed by atoms with Gasteiger partial charge >= 0.3 is 0 Å². The number of rotatable bonds is 4. The van der Waals surface area contributed by atoms with E-state index in [2.05, 4.69) is 44.9 Å². The number of anilines is 2. The van der Waals surface area contributed by atoms with Gasteiger partial charge in [-0.05, 0) is 36.5 Å². The minimum absolute atomic E-state index is 0. The number of aromatic nitrogens is 2. The van der Waals surface area contributed by atoms with Crippen LogP contribution in [0.25, 0.3) is 11.3 Å². The molecule has 1 aliphatic rings. The molecule has 1 N–H and O–H groups in total. The van der Waals surface area contributed by atoms with Crippen molar-refractivity contribution in [1.29, 1.82) is 0 Å². The summed E-state index contributed by atoms with van der Waals surface area (Å²) in [5, 5.41) is 6.65. The predicted octanol–water partition coefficient (Wildman–Crippen LogP) is 5.90. The summed E-state index contributed by atoms with van der Waals surface area (Å²) in [4.78, 5) is 8.69. The van der Waals surface area contributed by atoms with Crippen LogP contribution in [0, 0.1) is 0 Å². The molecular formula is C17H15Cl2N3S. The average Bonchev–Trinajstić information content (AvgIpc) is 3.30. The maximum absolute atomic E-state index is 5.79. The second-order valence-corrected chi connectivity index (χ2v) is 6.67. The van der Waals surface area contributed by atoms with Crippen molar-refractivity contribution < 1.29 is 0 Å². The van der Waals surface area contributed by atoms with Gasteiger partial charge in [0.05, 0.1) is 17.6 Å². The molecule has 0 spiro atoms. The van der Waals surface area contributed by atoms with Gasteiger partial charge in [-0.2, -0.15) is 0 Å². The van der Waals surface area contributed by atoms with Crippen LogP contribution in [-0.2, 0) is 0 Å². The van der Waals surface area contributed by atoms with E-state index in [-0.39, 0.29) is 12.4 Å². The van der Waals surface area contributed by atoms with Gasteiger partial charge in [0, 0.05) is 10.9 Å². The molecule has 0 bridgehead atoms. The molecule has 2 heterocycles. The number of hydrogen-bond acceptors (Lipinski definition) is 4. The predicted molar refractivity (Wildman–Crippen MR) is 99.3 cm³/mol. The van der Waals surface area contributed by atoms with Gasteiger partial charge in [-0.3, -0.25) is 0 Å². The summed E-state index contributed by atoms with van der Waals surface area (Å²) < 4.78 is 0. The van der Waals surface area contributed by atoms with E-state index in [1.165, 1.54) is 18.4 Å². The highest BCUT2D eigenvalue weighted by Gasteiger charge is 2.23. The molecule has 0 unspecified atom stereocenters. The van der Waals surface area contributed by atoms with Gasteiger partial charge in [-0.1, -0.05) is 35.9 Å². The van der Waals surface area contributed by atoms with Crippen molar-refractivity contribution in [2.75, 3.05) is 5.32 Å². The maximum atomic E-state index is 5.79. The number of nitrogens with zero attached hydrogens (tertiary/aromatic N) is 2. The lowest BCUT2D eigenvalue weighted by Gasteiger charge is -2.02. The first-order chi connectivity index (χ1) is 10.8. The van der Waals surface area contributed by atoms with Gasteiger partial charge in [0.15, 0.2) is 5.13 Å². The molecule has 4 rings (SSSR count). The second-order valence-electron chi connectivity index (χ2n) is 5.43. The zero-order valence-corrected chi connectivity index (χ0v) is 14.6. The van der Waals surface area contributed by atoms with Gasteiger partial charge in [-0.25, -0.2) is 9.97 Å². The highest BCUT2D eigenvalue weighted by Crippen LogP contribution is 2.40. The van der Waals surface area contributed by atoms with E-state index >= 15 is 0 Å². The summed E-state index contributed by atoms with van der Waals surface area (Å²) in [6, 6.07) is 12.4. The third-order valence-electron chi connectivity index (χ3n) is 3.74. The van der Waals surface area contributed by atoms with Gasteiger partial charge in [0.1, 0.15) is 5.15 Å². The minimum atomic E-state index is 0. The zero-order chi connectivity index (χ0) is 14.9. The molecular weight excluding hydrogens is 349 g/mol. The molecule has 1 fully saturated rings. The van der Waals surface area contributed by atoms with E-state index in [0.717, 1.165) is 28.0 Å². The monoisotopic (exact) mass is 363 g/mol. The Morgan fingerprint density at radius 3 is 2.52 bits per heavy atom. The number of nitrogens with one attached hydrogen (secondary N) is 1. The molecule has 3 nitrogen and oxygen atoms in total. The van der Waals surface area contributed by atoms with Crippen molar-refractivity contribution >= 4 is 46.2 Å². The molecule has 0 amide bonds. The van der Waals surface area contributed by atoms with Crippen molar-refractivity contribution in [3.63, 3.8) is 0 Å². The Balaban J connectivity index is 0.00000156. The van der Waals surface area contributed by atoms with Crippen LogP contribution in [0.4, 0.5) is 10.8 Å². The fourth-order valence-electron chi connectivity index (χ4n) is 2.38. The first-order valence-electron chi connectivity index (χ1n) is 7.22. The molecule has 2 aromatic heterocycles. The van der Waals surface area contributed by atoms with E-state index < -0.39 is 0 Å². The van der Waals surface area contributed by atoms with E-state index in [1.807, 2.05) is 6.07 Å². The van der Waals surface area contributed by atoms with Gasteiger partial charge < -0.3 is 5.32 Å². The summed E-state index contributed by atoms with van der Waals surface area (Å²) in [6.07, 6.45) is 4.37. The van der Waals surface area contributed by atoms with Gasteiger partial charge in [-0.15, -0.1) is 23.7 Å². The Kier molecular flexibility index (Phi) is 4.85. The SMILES string of the molecule is Cl.Clc1ccc(Nc2nc(-c3ccc(C4CC4)cc3)cs2)cn1. The normalized spacial score (nSPS) is 13.4. The lowest BCUT2D eigenvalue weighted by Crippen LogP contribution is -1.90. The van der Waals surface area contributed by atoms with Crippen molar-refractivity contribution in [3.05, 3.63) is 58.7 Å². The molecule has 1 aromatic carbocycles. The number of benzene rings is 1. The van der Waals surface area contributed by atoms with Crippen LogP contribution >= 0.6 is 35.3 Å². The largest absolute Gasteiger partial charge is 0.330 e. The molecule has 23 heavy (non-hydrogen) atoms. The van der Waals surface area contributed by atoms with Crippen LogP contribution in [0.1, 0.15) is 24.3 Å². The Morgan fingerprint density at radius 2 is 1.87 bits per heavy atom. The second kappa shape index (κ2) is 6.87. The van der Waals surface area contributed by atoms with Crippen LogP contribution in [0.15, 0.2) is 48.0 Å². The Morgan fingerprint density at radius 1 is 1.09 bits per heavy atom. The summed E-state index contributed by atoms with van der Waals surface area (Å²) >= 11 is 7.37. The van der Waals surface area contributed by atoms with Gasteiger partial charge in [0.2, 0.25) is 0 Å². The zero-order valence-electron chi connectivity index (χ0n) is 12.2. The van der Waals surface area contributed by atoms with E-state index in [9.17, 15) is 0 Å². The smallest absolute Gasteiger partial charge is 0.187 e. The quantitative estimate of drug-likeness (QED) is 0.586. The Bertz CT molecular complexity index is 780. The van der Waals surface area contributed by atoms with Crippen LogP contribution in [0.2, 0.25) is 5.15 Å². The number of pyridine rings is 1. The molecule has 0 saturated heterocycles. The van der Waals surface area contributed by atoms with Crippen molar-refractivity contribution in [1.82, 2.24) is 9.97 Å². The molecule has 0 aliphatic heterocycles. The molecule has 118 valence electrons. The number of halogens is 2. The summed E-state index contributed by atoms with van der Waals surface area (Å²) in [6.45, 7) is 0. The molecule has 1 saturated carbocycles. The first-order valence-corrected chi connectivity index (χ1v) is 8.48. The van der Waals surface area contributed by atoms with Gasteiger partial charge in [0.25, 0.3) is 0 Å². The number of thiazole rings is 1. The van der Waals surface area contributed by atoms with Crippen molar-refractivity contribution in [3.8, 4) is 11.3 Å². The Labute approximate surface area is 150 Å². The third kappa shape index (κ3) is 3.83. The van der Waals surface area contributed by atoms with E-state index in [1.54, 1.807) is 23.6 Å². The van der Waals surface area contributed by atoms with Crippen molar-refractivity contribution in [2.24, 2.45) is 0 Å². The van der Waals surface area contributed by atoms with Crippen LogP contribution in [-0.4, -0.2) is 9.97 Å². The standard InChI is InChI=1S/C17H14ClN3S.ClH/c18-16-8-7-14(9-19-16)20-17-21-15(10-22-17)13-5-3-12(4-6-13)11-1-2-11;/h3-11H,1-2H2,(H,20,21);1H. The molecule has 0 atom stereocenters. The van der Waals surface area contributed by atoms with Crippen LogP contribution < -0.4 is 5.32 Å². The first kappa shape index (κ1) is 16.2. The molecule has 1 aliphatic carbocycles. The summed E-state index contributed by atoms with van der Waals surface area (Å²) in [7, 11) is 0. The minimum Gasteiger partial charge on any atom is -0.330 e. The Hall–Kier alpha value is -1.62. The van der Waals surface area contributed by atoms with E-state index in [0.29, 0.717) is 5.15 Å². The summed E-state index contributed by atoms with van der Waals surface area (Å²) in [5.74, 6) is 0.791. The summed E-state index contributed by atoms with van der Waals surface area (Å²) in [5.41, 5.74) is 4.48. The lowest BCUT2D eigenvalue weighted by atomic mass is 10.1. The number of hydrogen-bond donors (Lipinski definition) is 1. The molecule has 6 heteroatoms. The fraction of sp³-hybridized carbons (Fsp3) is 0.176. The molecule has 0 radical (unpaired) electrons. The third-order valence-corrected chi connectivity index (χ3v) is 4.72. The maximum Gasteiger partial charge on any atom is 0.187 e. The van der Waals surface area contributed by atoms with E-state index in [4.69, 9.17) is 11.6 Å². The topological polar surface area (TPSA) is 37.8 Å². The lowest BCUT2D eigenvalue weighted by molar-refractivity contribution is 1.13.